The summed E-state index contributed by atoms with van der Waals surface area (Å²) in [6.07, 6.45) is 32.5. The lowest BCUT2D eigenvalue weighted by atomic mass is 9.68. The number of hydrogen-bond acceptors (Lipinski definition) is 5. The number of nitrogens with zero attached hydrogens (tertiary/aromatic N) is 3. The lowest BCUT2D eigenvalue weighted by Crippen LogP contribution is -2.57. The van der Waals surface area contributed by atoms with Gasteiger partial charge in [-0.05, 0) is 71.7 Å². The number of hydrogen-bond donors (Lipinski definition) is 2. The van der Waals surface area contributed by atoms with Gasteiger partial charge in [0.1, 0.15) is 17.5 Å². The molecule has 8 nitrogen and oxygen atoms in total. The van der Waals surface area contributed by atoms with Crippen molar-refractivity contribution in [3.05, 3.63) is 101 Å². The Morgan fingerprint density at radius 2 is 1.36 bits per heavy atom. The molecule has 5 rings (SSSR count). The molecule has 0 fully saturated rings. The molecule has 0 aromatic heterocycles. The van der Waals surface area contributed by atoms with Crippen molar-refractivity contribution in [2.24, 2.45) is 0 Å². The van der Waals surface area contributed by atoms with E-state index in [4.69, 9.17) is 4.74 Å². The minimum Gasteiger partial charge on any atom is -0.497 e. The SMILES string of the molecule is CCCCCCCCCCCCC1(CCCCCCCCCC)c2cc(OC)ccc2[N+](C)(CCC(=O)O)C1/C=C/C(C#N)=C/C=C1/N(CCC(=O)O)c2ccc3ccccc3c2C1(C)C. The third kappa shape index (κ3) is 12.8. The lowest BCUT2D eigenvalue weighted by molar-refractivity contribution is -0.138. The molecule has 0 amide bonds. The number of anilines is 1. The van der Waals surface area contributed by atoms with Crippen molar-refractivity contribution in [2.45, 2.75) is 186 Å². The van der Waals surface area contributed by atoms with E-state index in [1.54, 1.807) is 7.11 Å². The second kappa shape index (κ2) is 25.3. The zero-order valence-corrected chi connectivity index (χ0v) is 41.5. The van der Waals surface area contributed by atoms with Crippen molar-refractivity contribution in [1.29, 1.82) is 5.26 Å². The molecular formula is C58H82N3O5+. The first-order valence-corrected chi connectivity index (χ1v) is 25.7. The number of methoxy groups -OCH3 is 1. The van der Waals surface area contributed by atoms with E-state index in [1.807, 2.05) is 36.4 Å². The summed E-state index contributed by atoms with van der Waals surface area (Å²) in [5.41, 5.74) is 5.25. The molecule has 0 spiro atoms. The van der Waals surface area contributed by atoms with E-state index in [1.165, 1.54) is 95.5 Å². The van der Waals surface area contributed by atoms with E-state index in [2.05, 4.69) is 88.2 Å². The highest BCUT2D eigenvalue weighted by Gasteiger charge is 2.58. The number of quaternary nitrogens is 1. The molecule has 0 aliphatic carbocycles. The van der Waals surface area contributed by atoms with Crippen molar-refractivity contribution in [1.82, 2.24) is 4.48 Å². The number of rotatable bonds is 30. The first kappa shape index (κ1) is 52.1. The molecule has 0 saturated heterocycles. The van der Waals surface area contributed by atoms with Crippen LogP contribution in [0, 0.1) is 11.3 Å². The van der Waals surface area contributed by atoms with E-state index < -0.39 is 17.4 Å². The fourth-order valence-electron chi connectivity index (χ4n) is 11.5. The van der Waals surface area contributed by atoms with Gasteiger partial charge in [0.15, 0.2) is 0 Å². The molecule has 0 radical (unpaired) electrons. The molecule has 3 unspecified atom stereocenters. The minimum absolute atomic E-state index is 0.0196. The van der Waals surface area contributed by atoms with Gasteiger partial charge in [0, 0.05) is 35.0 Å². The third-order valence-corrected chi connectivity index (χ3v) is 15.0. The Labute approximate surface area is 398 Å². The molecule has 3 atom stereocenters. The number of nitriles is 1. The van der Waals surface area contributed by atoms with Crippen molar-refractivity contribution in [3.8, 4) is 11.8 Å². The van der Waals surface area contributed by atoms with Gasteiger partial charge in [0.25, 0.3) is 0 Å². The van der Waals surface area contributed by atoms with Gasteiger partial charge in [-0.2, -0.15) is 5.26 Å². The number of carboxylic acid groups (broad SMARTS) is 2. The van der Waals surface area contributed by atoms with E-state index in [9.17, 15) is 25.1 Å². The quantitative estimate of drug-likeness (QED) is 0.0297. The summed E-state index contributed by atoms with van der Waals surface area (Å²) >= 11 is 0. The number of benzene rings is 3. The van der Waals surface area contributed by atoms with Crippen LogP contribution in [0.4, 0.5) is 11.4 Å². The maximum Gasteiger partial charge on any atom is 0.309 e. The van der Waals surface area contributed by atoms with Crippen molar-refractivity contribution in [3.63, 3.8) is 0 Å². The van der Waals surface area contributed by atoms with E-state index in [-0.39, 0.29) is 24.3 Å². The molecule has 8 heteroatoms. The van der Waals surface area contributed by atoms with Crippen LogP contribution >= 0.6 is 0 Å². The smallest absolute Gasteiger partial charge is 0.309 e. The number of carbonyl (C=O) groups is 2. The van der Waals surface area contributed by atoms with Gasteiger partial charge in [-0.15, -0.1) is 0 Å². The van der Waals surface area contributed by atoms with Gasteiger partial charge < -0.3 is 19.8 Å². The lowest BCUT2D eigenvalue weighted by Gasteiger charge is -2.42. The van der Waals surface area contributed by atoms with Gasteiger partial charge in [-0.1, -0.05) is 174 Å². The van der Waals surface area contributed by atoms with Crippen molar-refractivity contribution < 1.29 is 24.5 Å². The Morgan fingerprint density at radius 1 is 0.788 bits per heavy atom. The van der Waals surface area contributed by atoms with Crippen LogP contribution in [0.15, 0.2) is 90.2 Å². The summed E-state index contributed by atoms with van der Waals surface area (Å²) in [4.78, 5) is 26.4. The predicted octanol–water partition coefficient (Wildman–Crippen LogP) is 14.9. The van der Waals surface area contributed by atoms with Gasteiger partial charge in [-0.25, -0.2) is 0 Å². The zero-order valence-electron chi connectivity index (χ0n) is 41.5. The van der Waals surface area contributed by atoms with Crippen LogP contribution in [0.1, 0.15) is 180 Å². The molecule has 3 aromatic rings. The number of carboxylic acids is 2. The summed E-state index contributed by atoms with van der Waals surface area (Å²) in [5.74, 6) is -0.853. The second-order valence-corrected chi connectivity index (χ2v) is 20.0. The fraction of sp³-hybridized carbons (Fsp3) is 0.569. The van der Waals surface area contributed by atoms with Crippen molar-refractivity contribution >= 4 is 34.1 Å². The normalized spacial score (nSPS) is 20.6. The highest BCUT2D eigenvalue weighted by molar-refractivity contribution is 5.95. The number of likely N-dealkylation sites (N-methyl/N-ethyl adjacent to an activating group) is 1. The second-order valence-electron chi connectivity index (χ2n) is 20.0. The zero-order chi connectivity index (χ0) is 47.6. The van der Waals surface area contributed by atoms with Crippen LogP contribution in [0.25, 0.3) is 10.8 Å². The summed E-state index contributed by atoms with van der Waals surface area (Å²) in [6.45, 7) is 9.63. The van der Waals surface area contributed by atoms with Crippen LogP contribution in [0.5, 0.6) is 5.75 Å². The minimum atomic E-state index is -0.856. The topological polar surface area (TPSA) is 111 Å². The maximum atomic E-state index is 12.4. The molecular weight excluding hydrogens is 819 g/mol. The predicted molar refractivity (Wildman–Crippen MR) is 274 cm³/mol. The molecule has 0 bridgehead atoms. The third-order valence-electron chi connectivity index (χ3n) is 15.0. The molecule has 2 aliphatic rings. The van der Waals surface area contributed by atoms with Gasteiger partial charge in [-0.3, -0.25) is 14.1 Å². The van der Waals surface area contributed by atoms with Crippen LogP contribution in [-0.4, -0.2) is 55.4 Å². The standard InChI is InChI=1S/C58H81N3O5/c1-7-9-11-13-15-17-18-20-22-26-40-58(39-25-21-19-16-14-12-10-8-2)49-43-47(66-6)32-34-51(49)61(5,42-38-55(64)65)53(58)36-30-45(44-59)29-35-52-57(3,4)56-48-28-24-23-27-46(48)31-33-50(56)60(52)41-37-54(62)63/h23-24,27-36,43,53H,7-22,25-26,37-42H2,1-6H3,(H-,62,63,64,65)/p+1/b36-30+,45-29-,52-35+. The first-order valence-electron chi connectivity index (χ1n) is 25.7. The Bertz CT molecular complexity index is 2200. The van der Waals surface area contributed by atoms with Crippen LogP contribution in [-0.2, 0) is 20.4 Å². The Morgan fingerprint density at radius 3 is 1.92 bits per heavy atom. The first-order chi connectivity index (χ1) is 31.9. The molecule has 2 aliphatic heterocycles. The highest BCUT2D eigenvalue weighted by Crippen LogP contribution is 2.56. The Kier molecular flexibility index (Phi) is 20.0. The summed E-state index contributed by atoms with van der Waals surface area (Å²) < 4.78 is 6.35. The van der Waals surface area contributed by atoms with Crippen LogP contribution in [0.3, 0.4) is 0 Å². The Balaban J connectivity index is 1.55. The van der Waals surface area contributed by atoms with Crippen LogP contribution in [0.2, 0.25) is 0 Å². The fourth-order valence-corrected chi connectivity index (χ4v) is 11.5. The number of unbranched alkanes of at least 4 members (excludes halogenated alkanes) is 16. The van der Waals surface area contributed by atoms with Crippen LogP contribution < -0.4 is 14.1 Å². The average Bonchev–Trinajstić information content (AvgIpc) is 3.65. The highest BCUT2D eigenvalue weighted by atomic mass is 16.5. The number of allylic oxidation sites excluding steroid dienone is 5. The average molecular weight is 901 g/mol. The number of ether oxygens (including phenoxy) is 1. The number of fused-ring (bicyclic) bond motifs is 4. The van der Waals surface area contributed by atoms with Crippen molar-refractivity contribution in [2.75, 3.05) is 32.1 Å². The largest absolute Gasteiger partial charge is 0.497 e. The molecule has 358 valence electrons. The van der Waals surface area contributed by atoms with E-state index >= 15 is 0 Å². The monoisotopic (exact) mass is 901 g/mol. The van der Waals surface area contributed by atoms with Gasteiger partial charge >= 0.3 is 11.9 Å². The summed E-state index contributed by atoms with van der Waals surface area (Å²) in [6, 6.07) is 21.4. The van der Waals surface area contributed by atoms with Gasteiger partial charge in [0.2, 0.25) is 0 Å². The molecule has 66 heavy (non-hydrogen) atoms. The molecule has 2 N–H and O–H groups in total. The maximum absolute atomic E-state index is 12.4. The van der Waals surface area contributed by atoms with E-state index in [0.29, 0.717) is 23.1 Å². The van der Waals surface area contributed by atoms with E-state index in [0.717, 1.165) is 77.7 Å². The molecule has 2 heterocycles. The van der Waals surface area contributed by atoms with Gasteiger partial charge in [0.05, 0.1) is 50.6 Å². The molecule has 0 saturated carbocycles. The Hall–Kier alpha value is -4.87. The summed E-state index contributed by atoms with van der Waals surface area (Å²) in [7, 11) is 3.93. The molecule has 3 aromatic carbocycles. The summed E-state index contributed by atoms with van der Waals surface area (Å²) in [5, 5.41) is 33.1. The number of aliphatic carboxylic acids is 2.